The number of hydrogen-bond donors (Lipinski definition) is 3. The zero-order valence-corrected chi connectivity index (χ0v) is 21.9. The number of ether oxygens (including phenoxy) is 4. The van der Waals surface area contributed by atoms with Crippen molar-refractivity contribution in [2.75, 3.05) is 18.5 Å². The normalized spacial score (nSPS) is 23.1. The second-order valence-electron chi connectivity index (χ2n) is 9.44. The number of imidazole rings is 1. The Labute approximate surface area is 236 Å². The number of aromatic nitrogens is 4. The van der Waals surface area contributed by atoms with Gasteiger partial charge in [-0.25, -0.2) is 33.3 Å². The number of urea groups is 1. The van der Waals surface area contributed by atoms with Crippen molar-refractivity contribution in [3.8, 4) is 5.75 Å². The standard InChI is InChI=1S/C27H24F2N6O7/c1-2-30-27(38)34-22-19-23(32-11-31-22)35(12-33-19)24-21-20(41-26(42-21)13-3-5-14(28)6-4-13)18(40-24)10-39-17-9-15(29)7-8-16(17)25(36)37/h3-9,11-12,18,20-21,24,26H,2,10H2,1H3,(H,36,37)(H2,30,31,32,34,38)/t18?,20?,21?,24?,26-/m0/s1. The van der Waals surface area contributed by atoms with Crippen LogP contribution in [-0.2, 0) is 14.2 Å². The molecule has 2 aromatic heterocycles. The minimum Gasteiger partial charge on any atom is -0.490 e. The Kier molecular flexibility index (Phi) is 7.36. The molecular weight excluding hydrogens is 558 g/mol. The van der Waals surface area contributed by atoms with Crippen LogP contribution in [0.3, 0.4) is 0 Å². The van der Waals surface area contributed by atoms with Crippen LogP contribution in [0.25, 0.3) is 11.2 Å². The van der Waals surface area contributed by atoms with E-state index < -0.39 is 54.5 Å². The first-order valence-electron chi connectivity index (χ1n) is 12.9. The third kappa shape index (κ3) is 5.20. The summed E-state index contributed by atoms with van der Waals surface area (Å²) in [5, 5.41) is 14.7. The number of carboxylic acid groups (broad SMARTS) is 1. The number of nitrogens with one attached hydrogen (secondary N) is 2. The molecule has 5 atom stereocenters. The number of benzene rings is 2. The van der Waals surface area contributed by atoms with Gasteiger partial charge in [0.25, 0.3) is 0 Å². The zero-order chi connectivity index (χ0) is 29.4. The smallest absolute Gasteiger partial charge is 0.339 e. The molecular formula is C27H24F2N6O7. The summed E-state index contributed by atoms with van der Waals surface area (Å²) >= 11 is 0. The largest absolute Gasteiger partial charge is 0.490 e. The van der Waals surface area contributed by atoms with Crippen LogP contribution in [-0.4, -0.2) is 68.1 Å². The Bertz CT molecular complexity index is 1640. The van der Waals surface area contributed by atoms with Gasteiger partial charge in [0, 0.05) is 18.2 Å². The minimum atomic E-state index is -1.29. The third-order valence-corrected chi connectivity index (χ3v) is 6.77. The molecule has 218 valence electrons. The molecule has 13 nitrogen and oxygen atoms in total. The molecule has 2 fully saturated rings. The van der Waals surface area contributed by atoms with Crippen molar-refractivity contribution >= 4 is 29.0 Å². The van der Waals surface area contributed by atoms with Crippen LogP contribution in [0.15, 0.2) is 55.1 Å². The Morgan fingerprint density at radius 2 is 1.79 bits per heavy atom. The van der Waals surface area contributed by atoms with E-state index in [1.54, 1.807) is 11.5 Å². The molecule has 3 N–H and O–H groups in total. The zero-order valence-electron chi connectivity index (χ0n) is 21.9. The topological polar surface area (TPSA) is 159 Å². The van der Waals surface area contributed by atoms with Gasteiger partial charge >= 0.3 is 12.0 Å². The Hall–Kier alpha value is -4.73. The SMILES string of the molecule is CCNC(=O)Nc1ncnc2c1ncn2C1OC(COc2cc(F)ccc2C(=O)O)C2O[C@H](c3ccc(F)cc3)OC21. The summed E-state index contributed by atoms with van der Waals surface area (Å²) in [4.78, 5) is 36.6. The van der Waals surface area contributed by atoms with Crippen molar-refractivity contribution in [1.82, 2.24) is 24.8 Å². The molecule has 4 heterocycles. The van der Waals surface area contributed by atoms with Gasteiger partial charge in [-0.1, -0.05) is 12.1 Å². The van der Waals surface area contributed by atoms with E-state index in [9.17, 15) is 23.5 Å². The lowest BCUT2D eigenvalue weighted by Crippen LogP contribution is -2.33. The molecule has 2 aliphatic heterocycles. The van der Waals surface area contributed by atoms with Crippen molar-refractivity contribution < 1.29 is 42.4 Å². The molecule has 2 saturated heterocycles. The van der Waals surface area contributed by atoms with E-state index in [0.29, 0.717) is 23.3 Å². The molecule has 0 radical (unpaired) electrons. The van der Waals surface area contributed by atoms with Gasteiger partial charge in [-0.05, 0) is 31.2 Å². The number of amides is 2. The summed E-state index contributed by atoms with van der Waals surface area (Å²) < 4.78 is 53.5. The summed E-state index contributed by atoms with van der Waals surface area (Å²) in [7, 11) is 0. The number of anilines is 1. The first-order chi connectivity index (χ1) is 20.3. The fourth-order valence-corrected chi connectivity index (χ4v) is 4.88. The van der Waals surface area contributed by atoms with Gasteiger partial charge in [0.05, 0.1) is 6.33 Å². The van der Waals surface area contributed by atoms with Crippen LogP contribution in [0.2, 0.25) is 0 Å². The number of halogens is 2. The molecule has 2 amide bonds. The molecule has 0 saturated carbocycles. The van der Waals surface area contributed by atoms with Crippen molar-refractivity contribution in [1.29, 1.82) is 0 Å². The average molecular weight is 583 g/mol. The number of hydrogen-bond acceptors (Lipinski definition) is 9. The molecule has 2 aromatic carbocycles. The number of carboxylic acids is 1. The number of fused-ring (bicyclic) bond motifs is 2. The third-order valence-electron chi connectivity index (χ3n) is 6.77. The lowest BCUT2D eigenvalue weighted by atomic mass is 10.1. The first kappa shape index (κ1) is 27.4. The highest BCUT2D eigenvalue weighted by Crippen LogP contribution is 2.45. The van der Waals surface area contributed by atoms with Crippen LogP contribution in [0, 0.1) is 11.6 Å². The van der Waals surface area contributed by atoms with Gasteiger partial charge in [-0.2, -0.15) is 0 Å². The number of carbonyl (C=O) groups is 2. The summed E-state index contributed by atoms with van der Waals surface area (Å²) in [6.07, 6.45) is -1.32. The quantitative estimate of drug-likeness (QED) is 0.281. The molecule has 0 spiro atoms. The number of aromatic carboxylic acids is 1. The second kappa shape index (κ2) is 11.3. The van der Waals surface area contributed by atoms with E-state index in [0.717, 1.165) is 18.2 Å². The van der Waals surface area contributed by atoms with Crippen molar-refractivity contribution in [2.45, 2.75) is 37.8 Å². The Morgan fingerprint density at radius 3 is 2.55 bits per heavy atom. The molecule has 0 bridgehead atoms. The second-order valence-corrected chi connectivity index (χ2v) is 9.44. The highest BCUT2D eigenvalue weighted by Gasteiger charge is 2.54. The van der Waals surface area contributed by atoms with Gasteiger partial charge < -0.3 is 29.4 Å². The predicted octanol–water partition coefficient (Wildman–Crippen LogP) is 3.40. The number of nitrogens with zero attached hydrogens (tertiary/aromatic N) is 4. The number of rotatable bonds is 8. The molecule has 0 aliphatic carbocycles. The van der Waals surface area contributed by atoms with E-state index in [1.807, 2.05) is 0 Å². The minimum absolute atomic E-state index is 0.179. The van der Waals surface area contributed by atoms with Crippen molar-refractivity contribution in [2.24, 2.45) is 0 Å². The van der Waals surface area contributed by atoms with Crippen molar-refractivity contribution in [3.05, 3.63) is 77.9 Å². The Morgan fingerprint density at radius 1 is 1.02 bits per heavy atom. The monoisotopic (exact) mass is 582 g/mol. The highest BCUT2D eigenvalue weighted by molar-refractivity contribution is 5.95. The maximum atomic E-state index is 13.9. The number of carbonyl (C=O) groups excluding carboxylic acids is 1. The Balaban J connectivity index is 1.31. The molecule has 4 aromatic rings. The van der Waals surface area contributed by atoms with Crippen LogP contribution in [0.1, 0.15) is 35.4 Å². The maximum absolute atomic E-state index is 13.9. The molecule has 4 unspecified atom stereocenters. The molecule has 6 rings (SSSR count). The fraction of sp³-hybridized carbons (Fsp3) is 0.296. The van der Waals surface area contributed by atoms with Crippen molar-refractivity contribution in [3.63, 3.8) is 0 Å². The van der Waals surface area contributed by atoms with E-state index in [4.69, 9.17) is 18.9 Å². The van der Waals surface area contributed by atoms with Crippen LogP contribution in [0.5, 0.6) is 5.75 Å². The van der Waals surface area contributed by atoms with E-state index in [1.165, 1.54) is 36.9 Å². The predicted molar refractivity (Wildman–Crippen MR) is 140 cm³/mol. The highest BCUT2D eigenvalue weighted by atomic mass is 19.1. The maximum Gasteiger partial charge on any atom is 0.339 e. The lowest BCUT2D eigenvalue weighted by Gasteiger charge is -2.22. The van der Waals surface area contributed by atoms with Gasteiger partial charge in [0.1, 0.15) is 54.2 Å². The van der Waals surface area contributed by atoms with Gasteiger partial charge in [-0.15, -0.1) is 0 Å². The summed E-state index contributed by atoms with van der Waals surface area (Å²) in [6.45, 7) is 1.97. The summed E-state index contributed by atoms with van der Waals surface area (Å²) in [5.41, 5.74) is 0.964. The van der Waals surface area contributed by atoms with E-state index in [-0.39, 0.29) is 23.7 Å². The average Bonchev–Trinajstić information content (AvgIpc) is 3.67. The van der Waals surface area contributed by atoms with Gasteiger partial charge in [-0.3, -0.25) is 9.88 Å². The van der Waals surface area contributed by atoms with E-state index >= 15 is 0 Å². The van der Waals surface area contributed by atoms with Crippen LogP contribution in [0.4, 0.5) is 19.4 Å². The molecule has 15 heteroatoms. The fourth-order valence-electron chi connectivity index (χ4n) is 4.88. The summed E-state index contributed by atoms with van der Waals surface area (Å²) in [6, 6.07) is 8.28. The van der Waals surface area contributed by atoms with E-state index in [2.05, 4.69) is 25.6 Å². The first-order valence-corrected chi connectivity index (χ1v) is 12.9. The molecule has 42 heavy (non-hydrogen) atoms. The van der Waals surface area contributed by atoms with Crippen LogP contribution >= 0.6 is 0 Å². The van der Waals surface area contributed by atoms with Gasteiger partial charge in [0.2, 0.25) is 0 Å². The van der Waals surface area contributed by atoms with Crippen LogP contribution < -0.4 is 15.4 Å². The molecule has 2 aliphatic rings. The summed E-state index contributed by atoms with van der Waals surface area (Å²) in [5.74, 6) is -2.38. The van der Waals surface area contributed by atoms with Gasteiger partial charge in [0.15, 0.2) is 29.5 Å². The lowest BCUT2D eigenvalue weighted by molar-refractivity contribution is -0.152.